The van der Waals surface area contributed by atoms with E-state index in [0.29, 0.717) is 11.0 Å². The monoisotopic (exact) mass is 212 g/mol. The fourth-order valence-corrected chi connectivity index (χ4v) is 1.13. The minimum Gasteiger partial charge on any atom is -0.369 e. The SMILES string of the molecule is Cc1ccc2c(=O)[nH]c(N)nc2n1.Cl. The number of aromatic nitrogens is 3. The molecule has 2 heterocycles. The van der Waals surface area contributed by atoms with E-state index in [1.807, 2.05) is 6.92 Å². The van der Waals surface area contributed by atoms with E-state index in [9.17, 15) is 4.79 Å². The van der Waals surface area contributed by atoms with Crippen LogP contribution < -0.4 is 11.3 Å². The summed E-state index contributed by atoms with van der Waals surface area (Å²) >= 11 is 0. The molecule has 0 saturated carbocycles. The highest BCUT2D eigenvalue weighted by Gasteiger charge is 2.01. The van der Waals surface area contributed by atoms with Crippen molar-refractivity contribution in [2.45, 2.75) is 6.92 Å². The van der Waals surface area contributed by atoms with Gasteiger partial charge in [-0.15, -0.1) is 12.4 Å². The third-order valence-electron chi connectivity index (χ3n) is 1.73. The fourth-order valence-electron chi connectivity index (χ4n) is 1.13. The molecule has 0 bridgehead atoms. The number of nitrogens with one attached hydrogen (secondary N) is 1. The Morgan fingerprint density at radius 3 is 2.79 bits per heavy atom. The highest BCUT2D eigenvalue weighted by atomic mass is 35.5. The third-order valence-corrected chi connectivity index (χ3v) is 1.73. The molecule has 0 spiro atoms. The second kappa shape index (κ2) is 3.63. The van der Waals surface area contributed by atoms with Crippen molar-refractivity contribution in [1.29, 1.82) is 0 Å². The van der Waals surface area contributed by atoms with E-state index in [0.717, 1.165) is 5.69 Å². The lowest BCUT2D eigenvalue weighted by Crippen LogP contribution is -2.11. The van der Waals surface area contributed by atoms with Gasteiger partial charge in [0, 0.05) is 5.69 Å². The molecule has 3 N–H and O–H groups in total. The van der Waals surface area contributed by atoms with Gasteiger partial charge in [-0.2, -0.15) is 4.98 Å². The topological polar surface area (TPSA) is 84.7 Å². The molecule has 0 radical (unpaired) electrons. The van der Waals surface area contributed by atoms with Crippen molar-refractivity contribution in [2.75, 3.05) is 5.73 Å². The Hall–Kier alpha value is -1.62. The van der Waals surface area contributed by atoms with Crippen molar-refractivity contribution >= 4 is 29.4 Å². The van der Waals surface area contributed by atoms with Crippen LogP contribution in [0.3, 0.4) is 0 Å². The summed E-state index contributed by atoms with van der Waals surface area (Å²) < 4.78 is 0. The Labute approximate surface area is 85.8 Å². The second-order valence-corrected chi connectivity index (χ2v) is 2.77. The van der Waals surface area contributed by atoms with Gasteiger partial charge in [0.1, 0.15) is 0 Å². The minimum absolute atomic E-state index is 0. The Morgan fingerprint density at radius 1 is 1.36 bits per heavy atom. The van der Waals surface area contributed by atoms with Crippen molar-refractivity contribution in [2.24, 2.45) is 0 Å². The zero-order valence-corrected chi connectivity index (χ0v) is 8.26. The summed E-state index contributed by atoms with van der Waals surface area (Å²) in [5.41, 5.74) is 6.31. The molecule has 0 aliphatic rings. The largest absolute Gasteiger partial charge is 0.369 e. The van der Waals surface area contributed by atoms with E-state index in [4.69, 9.17) is 5.73 Å². The van der Waals surface area contributed by atoms with Gasteiger partial charge in [-0.1, -0.05) is 0 Å². The molecule has 6 heteroatoms. The smallest absolute Gasteiger partial charge is 0.261 e. The summed E-state index contributed by atoms with van der Waals surface area (Å²) in [5, 5.41) is 0.458. The summed E-state index contributed by atoms with van der Waals surface area (Å²) in [7, 11) is 0. The lowest BCUT2D eigenvalue weighted by molar-refractivity contribution is 1.13. The molecular weight excluding hydrogens is 204 g/mol. The summed E-state index contributed by atoms with van der Waals surface area (Å²) in [4.78, 5) is 21.7. The minimum atomic E-state index is -0.255. The summed E-state index contributed by atoms with van der Waals surface area (Å²) in [5.74, 6) is 0.0931. The van der Waals surface area contributed by atoms with Crippen LogP contribution in [-0.2, 0) is 0 Å². The van der Waals surface area contributed by atoms with Gasteiger partial charge >= 0.3 is 0 Å². The maximum absolute atomic E-state index is 11.3. The molecular formula is C8H9ClN4O. The van der Waals surface area contributed by atoms with E-state index in [-0.39, 0.29) is 23.9 Å². The van der Waals surface area contributed by atoms with Gasteiger partial charge in [0.25, 0.3) is 5.56 Å². The van der Waals surface area contributed by atoms with Gasteiger partial charge < -0.3 is 5.73 Å². The molecule has 0 saturated heterocycles. The zero-order chi connectivity index (χ0) is 9.42. The maximum Gasteiger partial charge on any atom is 0.261 e. The number of halogens is 1. The number of H-pyrrole nitrogens is 1. The molecule has 0 fully saturated rings. The van der Waals surface area contributed by atoms with Crippen LogP contribution in [0.5, 0.6) is 0 Å². The number of nitrogen functional groups attached to an aromatic ring is 1. The first kappa shape index (κ1) is 10.5. The van der Waals surface area contributed by atoms with Crippen LogP contribution in [0.4, 0.5) is 5.95 Å². The Morgan fingerprint density at radius 2 is 2.07 bits per heavy atom. The van der Waals surface area contributed by atoms with E-state index in [2.05, 4.69) is 15.0 Å². The predicted octanol–water partition coefficient (Wildman–Crippen LogP) is 0.631. The summed E-state index contributed by atoms with van der Waals surface area (Å²) in [6, 6.07) is 3.44. The first-order valence-corrected chi connectivity index (χ1v) is 3.80. The third kappa shape index (κ3) is 1.67. The standard InChI is InChI=1S/C8H8N4O.ClH/c1-4-2-3-5-6(10-4)11-8(9)12-7(5)13;/h2-3H,1H3,(H3,9,10,11,12,13);1H. The highest BCUT2D eigenvalue weighted by Crippen LogP contribution is 2.04. The number of nitrogens with two attached hydrogens (primary N) is 1. The van der Waals surface area contributed by atoms with Gasteiger partial charge in [-0.05, 0) is 19.1 Å². The number of aryl methyl sites for hydroxylation is 1. The second-order valence-electron chi connectivity index (χ2n) is 2.77. The summed E-state index contributed by atoms with van der Waals surface area (Å²) in [6.07, 6.45) is 0. The van der Waals surface area contributed by atoms with Crippen LogP contribution in [0.1, 0.15) is 5.69 Å². The Bertz CT molecular complexity index is 517. The first-order chi connectivity index (χ1) is 6.16. The van der Waals surface area contributed by atoms with Gasteiger partial charge in [-0.25, -0.2) is 4.98 Å². The molecule has 0 unspecified atom stereocenters. The van der Waals surface area contributed by atoms with E-state index >= 15 is 0 Å². The number of aromatic amines is 1. The number of hydrogen-bond donors (Lipinski definition) is 2. The Kier molecular flexibility index (Phi) is 2.71. The van der Waals surface area contributed by atoms with Crippen LogP contribution >= 0.6 is 12.4 Å². The van der Waals surface area contributed by atoms with Gasteiger partial charge in [-0.3, -0.25) is 9.78 Å². The van der Waals surface area contributed by atoms with Crippen LogP contribution in [0, 0.1) is 6.92 Å². The molecule has 74 valence electrons. The molecule has 2 rings (SSSR count). The molecule has 0 aliphatic heterocycles. The number of nitrogens with zero attached hydrogens (tertiary/aromatic N) is 2. The molecule has 5 nitrogen and oxygen atoms in total. The molecule has 2 aromatic heterocycles. The quantitative estimate of drug-likeness (QED) is 0.671. The number of pyridine rings is 1. The number of hydrogen-bond acceptors (Lipinski definition) is 4. The Balaban J connectivity index is 0.000000980. The molecule has 0 aromatic carbocycles. The average molecular weight is 213 g/mol. The van der Waals surface area contributed by atoms with Crippen LogP contribution in [0.25, 0.3) is 11.0 Å². The molecule has 0 amide bonds. The van der Waals surface area contributed by atoms with Crippen molar-refractivity contribution < 1.29 is 0 Å². The first-order valence-electron chi connectivity index (χ1n) is 3.80. The molecule has 0 aliphatic carbocycles. The maximum atomic E-state index is 11.3. The highest BCUT2D eigenvalue weighted by molar-refractivity contribution is 5.85. The van der Waals surface area contributed by atoms with Crippen LogP contribution in [-0.4, -0.2) is 15.0 Å². The lowest BCUT2D eigenvalue weighted by Gasteiger charge is -1.97. The summed E-state index contributed by atoms with van der Waals surface area (Å²) in [6.45, 7) is 1.83. The van der Waals surface area contributed by atoms with Crippen LogP contribution in [0.15, 0.2) is 16.9 Å². The van der Waals surface area contributed by atoms with E-state index in [1.165, 1.54) is 0 Å². The normalized spacial score (nSPS) is 9.79. The van der Waals surface area contributed by atoms with Gasteiger partial charge in [0.05, 0.1) is 5.39 Å². The zero-order valence-electron chi connectivity index (χ0n) is 7.44. The molecule has 0 atom stereocenters. The number of rotatable bonds is 0. The number of anilines is 1. The van der Waals surface area contributed by atoms with Crippen molar-refractivity contribution in [3.05, 3.63) is 28.2 Å². The average Bonchev–Trinajstić information content (AvgIpc) is 2.02. The van der Waals surface area contributed by atoms with Crippen molar-refractivity contribution in [3.8, 4) is 0 Å². The lowest BCUT2D eigenvalue weighted by atomic mass is 10.3. The van der Waals surface area contributed by atoms with Gasteiger partial charge in [0.15, 0.2) is 5.65 Å². The molecule has 2 aromatic rings. The van der Waals surface area contributed by atoms with E-state index < -0.39 is 0 Å². The van der Waals surface area contributed by atoms with E-state index in [1.54, 1.807) is 12.1 Å². The van der Waals surface area contributed by atoms with Crippen molar-refractivity contribution in [1.82, 2.24) is 15.0 Å². The predicted molar refractivity (Wildman–Crippen MR) is 56.6 cm³/mol. The number of fused-ring (bicyclic) bond motifs is 1. The fraction of sp³-hybridized carbons (Fsp3) is 0.125. The molecule has 14 heavy (non-hydrogen) atoms. The van der Waals surface area contributed by atoms with Crippen molar-refractivity contribution in [3.63, 3.8) is 0 Å². The van der Waals surface area contributed by atoms with Gasteiger partial charge in [0.2, 0.25) is 5.95 Å². The van der Waals surface area contributed by atoms with Crippen LogP contribution in [0.2, 0.25) is 0 Å².